The van der Waals surface area contributed by atoms with E-state index in [2.05, 4.69) is 21.2 Å². The van der Waals surface area contributed by atoms with Gasteiger partial charge in [0.15, 0.2) is 6.61 Å². The number of hydrogen-bond acceptors (Lipinski definition) is 7. The van der Waals surface area contributed by atoms with Crippen LogP contribution in [0.4, 0.5) is 11.4 Å². The van der Waals surface area contributed by atoms with Crippen molar-refractivity contribution in [3.8, 4) is 5.75 Å². The molecule has 3 aromatic rings. The van der Waals surface area contributed by atoms with Gasteiger partial charge in [-0.2, -0.15) is 5.10 Å². The third-order valence-corrected chi connectivity index (χ3v) is 4.83. The smallest absolute Gasteiger partial charge is 0.338 e. The molecule has 3 N–H and O–H groups in total. The lowest BCUT2D eigenvalue weighted by atomic mass is 10.2. The fourth-order valence-electron chi connectivity index (χ4n) is 2.94. The summed E-state index contributed by atoms with van der Waals surface area (Å²) < 4.78 is 10.4. The molecule has 37 heavy (non-hydrogen) atoms. The van der Waals surface area contributed by atoms with Crippen molar-refractivity contribution in [1.82, 2.24) is 5.43 Å². The number of amides is 3. The number of esters is 1. The highest BCUT2D eigenvalue weighted by Gasteiger charge is 2.13. The van der Waals surface area contributed by atoms with Crippen LogP contribution >= 0.6 is 0 Å². The van der Waals surface area contributed by atoms with E-state index in [1.54, 1.807) is 31.2 Å². The van der Waals surface area contributed by atoms with Crippen LogP contribution in [0.15, 0.2) is 77.9 Å². The Kier molecular flexibility index (Phi) is 9.49. The highest BCUT2D eigenvalue weighted by Crippen LogP contribution is 2.13. The quantitative estimate of drug-likeness (QED) is 0.178. The molecule has 0 fully saturated rings. The number of nitrogens with one attached hydrogen (secondary N) is 3. The van der Waals surface area contributed by atoms with Crippen molar-refractivity contribution in [2.75, 3.05) is 23.8 Å². The summed E-state index contributed by atoms with van der Waals surface area (Å²) in [7, 11) is 0. The van der Waals surface area contributed by atoms with Crippen molar-refractivity contribution < 1.29 is 28.7 Å². The predicted octanol–water partition coefficient (Wildman–Crippen LogP) is 3.28. The molecule has 10 heteroatoms. The Morgan fingerprint density at radius 1 is 0.811 bits per heavy atom. The minimum Gasteiger partial charge on any atom is -0.484 e. The van der Waals surface area contributed by atoms with E-state index >= 15 is 0 Å². The molecule has 0 aromatic heterocycles. The molecule has 0 spiro atoms. The number of hydrazone groups is 1. The Morgan fingerprint density at radius 2 is 1.43 bits per heavy atom. The van der Waals surface area contributed by atoms with Crippen LogP contribution in [0, 0.1) is 6.92 Å². The molecule has 0 radical (unpaired) electrons. The first-order valence-corrected chi connectivity index (χ1v) is 11.3. The van der Waals surface area contributed by atoms with Gasteiger partial charge in [-0.05, 0) is 80.1 Å². The molecule has 0 saturated carbocycles. The number of aryl methyl sites for hydroxylation is 1. The van der Waals surface area contributed by atoms with E-state index in [9.17, 15) is 19.2 Å². The molecule has 0 heterocycles. The Labute approximate surface area is 213 Å². The third kappa shape index (κ3) is 8.62. The Morgan fingerprint density at radius 3 is 2.08 bits per heavy atom. The van der Waals surface area contributed by atoms with E-state index in [1.807, 2.05) is 31.2 Å². The summed E-state index contributed by atoms with van der Waals surface area (Å²) in [5.41, 5.74) is 5.22. The van der Waals surface area contributed by atoms with Gasteiger partial charge in [-0.25, -0.2) is 10.2 Å². The number of rotatable bonds is 9. The molecule has 0 unspecified atom stereocenters. The second-order valence-corrected chi connectivity index (χ2v) is 7.72. The average Bonchev–Trinajstić information content (AvgIpc) is 2.90. The molecule has 3 rings (SSSR count). The Bertz CT molecular complexity index is 1270. The summed E-state index contributed by atoms with van der Waals surface area (Å²) in [5.74, 6) is -2.17. The molecule has 0 saturated heterocycles. The van der Waals surface area contributed by atoms with Gasteiger partial charge in [-0.15, -0.1) is 0 Å². The van der Waals surface area contributed by atoms with E-state index in [0.717, 1.165) is 5.56 Å². The fraction of sp³-hybridized carbons (Fsp3) is 0.148. The van der Waals surface area contributed by atoms with E-state index < -0.39 is 17.8 Å². The van der Waals surface area contributed by atoms with E-state index in [4.69, 9.17) is 9.47 Å². The lowest BCUT2D eigenvalue weighted by Gasteiger charge is -2.08. The zero-order valence-corrected chi connectivity index (χ0v) is 20.3. The second kappa shape index (κ2) is 13.2. The minimum atomic E-state index is -0.967. The van der Waals surface area contributed by atoms with Crippen molar-refractivity contribution in [1.29, 1.82) is 0 Å². The molecule has 0 bridgehead atoms. The topological polar surface area (TPSA) is 135 Å². The van der Waals surface area contributed by atoms with Crippen molar-refractivity contribution in [3.63, 3.8) is 0 Å². The highest BCUT2D eigenvalue weighted by atomic mass is 16.5. The van der Waals surface area contributed by atoms with E-state index in [1.165, 1.54) is 30.5 Å². The summed E-state index contributed by atoms with van der Waals surface area (Å²) in [4.78, 5) is 47.7. The number of nitrogens with zero attached hydrogens (tertiary/aromatic N) is 1. The van der Waals surface area contributed by atoms with Crippen molar-refractivity contribution in [2.24, 2.45) is 5.10 Å². The standard InChI is InChI=1S/C27H26N4O6/c1-3-36-27(35)20-8-12-22(13-9-20)30-25(33)26(34)31-28-16-19-6-14-23(15-7-19)37-17-24(32)29-21-10-4-18(2)5-11-21/h4-16H,3,17H2,1-2H3,(H,29,32)(H,30,33)(H,31,34)/b28-16-. The average molecular weight is 503 g/mol. The van der Waals surface area contributed by atoms with Gasteiger partial charge in [0, 0.05) is 11.4 Å². The van der Waals surface area contributed by atoms with Crippen LogP contribution in [-0.2, 0) is 19.1 Å². The van der Waals surface area contributed by atoms with Crippen molar-refractivity contribution in [3.05, 3.63) is 89.5 Å². The third-order valence-electron chi connectivity index (χ3n) is 4.83. The molecule has 0 aliphatic rings. The predicted molar refractivity (Wildman–Crippen MR) is 139 cm³/mol. The van der Waals surface area contributed by atoms with Crippen molar-refractivity contribution in [2.45, 2.75) is 13.8 Å². The molecule has 0 atom stereocenters. The largest absolute Gasteiger partial charge is 0.484 e. The van der Waals surface area contributed by atoms with Crippen LogP contribution in [0.5, 0.6) is 5.75 Å². The van der Waals surface area contributed by atoms with Crippen LogP contribution in [0.2, 0.25) is 0 Å². The van der Waals surface area contributed by atoms with Gasteiger partial charge in [0.1, 0.15) is 5.75 Å². The molecule has 0 aliphatic heterocycles. The summed E-state index contributed by atoms with van der Waals surface area (Å²) in [6.45, 7) is 3.76. The van der Waals surface area contributed by atoms with Gasteiger partial charge in [-0.1, -0.05) is 17.7 Å². The molecule has 3 amide bonds. The summed E-state index contributed by atoms with van der Waals surface area (Å²) >= 11 is 0. The van der Waals surface area contributed by atoms with E-state index in [0.29, 0.717) is 28.3 Å². The maximum Gasteiger partial charge on any atom is 0.338 e. The molecule has 190 valence electrons. The molecule has 0 aliphatic carbocycles. The fourth-order valence-corrected chi connectivity index (χ4v) is 2.94. The first kappa shape index (κ1) is 26.6. The number of carbonyl (C=O) groups excluding carboxylic acids is 4. The second-order valence-electron chi connectivity index (χ2n) is 7.72. The first-order chi connectivity index (χ1) is 17.8. The Balaban J connectivity index is 1.41. The summed E-state index contributed by atoms with van der Waals surface area (Å²) in [6, 6.07) is 20.0. The number of anilines is 2. The SMILES string of the molecule is CCOC(=O)c1ccc(NC(=O)C(=O)N/N=C\c2ccc(OCC(=O)Nc3ccc(C)cc3)cc2)cc1. The van der Waals surface area contributed by atoms with Gasteiger partial charge in [0.2, 0.25) is 0 Å². The zero-order chi connectivity index (χ0) is 26.6. The minimum absolute atomic E-state index is 0.155. The molecule has 10 nitrogen and oxygen atoms in total. The molecule has 3 aromatic carbocycles. The van der Waals surface area contributed by atoms with Crippen molar-refractivity contribution >= 4 is 41.3 Å². The van der Waals surface area contributed by atoms with Gasteiger partial charge >= 0.3 is 17.8 Å². The van der Waals surface area contributed by atoms with Crippen LogP contribution in [-0.4, -0.2) is 43.1 Å². The van der Waals surface area contributed by atoms with Crippen LogP contribution < -0.4 is 20.8 Å². The summed E-state index contributed by atoms with van der Waals surface area (Å²) in [6.07, 6.45) is 1.35. The molecular formula is C27H26N4O6. The summed E-state index contributed by atoms with van der Waals surface area (Å²) in [5, 5.41) is 8.93. The number of hydrogen-bond donors (Lipinski definition) is 3. The van der Waals surface area contributed by atoms with Gasteiger partial charge in [-0.3, -0.25) is 14.4 Å². The van der Waals surface area contributed by atoms with Gasteiger partial charge < -0.3 is 20.1 Å². The van der Waals surface area contributed by atoms with Crippen LogP contribution in [0.1, 0.15) is 28.4 Å². The maximum absolute atomic E-state index is 12.0. The maximum atomic E-state index is 12.0. The molecular weight excluding hydrogens is 476 g/mol. The van der Waals surface area contributed by atoms with Crippen LogP contribution in [0.25, 0.3) is 0 Å². The Hall–Kier alpha value is -4.99. The lowest BCUT2D eigenvalue weighted by Crippen LogP contribution is -2.32. The van der Waals surface area contributed by atoms with Gasteiger partial charge in [0.25, 0.3) is 5.91 Å². The zero-order valence-electron chi connectivity index (χ0n) is 20.3. The lowest BCUT2D eigenvalue weighted by molar-refractivity contribution is -0.136. The normalized spacial score (nSPS) is 10.4. The van der Waals surface area contributed by atoms with E-state index in [-0.39, 0.29) is 19.1 Å². The van der Waals surface area contributed by atoms with Crippen LogP contribution in [0.3, 0.4) is 0 Å². The first-order valence-electron chi connectivity index (χ1n) is 11.3. The highest BCUT2D eigenvalue weighted by molar-refractivity contribution is 6.39. The number of benzene rings is 3. The monoisotopic (exact) mass is 502 g/mol. The number of carbonyl (C=O) groups is 4. The van der Waals surface area contributed by atoms with Gasteiger partial charge in [0.05, 0.1) is 18.4 Å². The number of ether oxygens (including phenoxy) is 2.